The van der Waals surface area contributed by atoms with Crippen LogP contribution >= 0.6 is 11.6 Å². The molecule has 0 radical (unpaired) electrons. The molecule has 0 bridgehead atoms. The number of ether oxygens (including phenoxy) is 1. The molecule has 0 N–H and O–H groups in total. The standard InChI is InChI=1S/C23H19ClO/c1-25-23-15-17(14-16-8-2-3-10-19(16)23)18-9-4-5-11-20(18)21-12-6-7-13-22(21)24/h2-3,5-8,10-15H,4,9H2,1H3. The van der Waals surface area contributed by atoms with Crippen LogP contribution in [-0.2, 0) is 0 Å². The lowest BCUT2D eigenvalue weighted by Gasteiger charge is -2.19. The minimum Gasteiger partial charge on any atom is -0.496 e. The van der Waals surface area contributed by atoms with Crippen LogP contribution in [-0.4, -0.2) is 7.11 Å². The smallest absolute Gasteiger partial charge is 0.127 e. The highest BCUT2D eigenvalue weighted by Crippen LogP contribution is 2.39. The van der Waals surface area contributed by atoms with E-state index in [2.05, 4.69) is 48.6 Å². The van der Waals surface area contributed by atoms with Crippen molar-refractivity contribution in [3.63, 3.8) is 0 Å². The first kappa shape index (κ1) is 16.0. The second-order valence-corrected chi connectivity index (χ2v) is 6.62. The van der Waals surface area contributed by atoms with Crippen molar-refractivity contribution in [2.24, 2.45) is 0 Å². The molecule has 2 heteroatoms. The Labute approximate surface area is 153 Å². The quantitative estimate of drug-likeness (QED) is 0.509. The third-order valence-corrected chi connectivity index (χ3v) is 5.06. The van der Waals surface area contributed by atoms with Gasteiger partial charge in [-0.05, 0) is 53.1 Å². The van der Waals surface area contributed by atoms with Crippen LogP contribution < -0.4 is 4.74 Å². The van der Waals surface area contributed by atoms with Gasteiger partial charge in [-0.1, -0.05) is 66.2 Å². The summed E-state index contributed by atoms with van der Waals surface area (Å²) in [4.78, 5) is 0. The molecule has 0 saturated carbocycles. The molecule has 0 aromatic heterocycles. The van der Waals surface area contributed by atoms with E-state index in [0.29, 0.717) is 0 Å². The van der Waals surface area contributed by atoms with E-state index in [0.717, 1.165) is 34.6 Å². The molecule has 124 valence electrons. The van der Waals surface area contributed by atoms with Crippen LogP contribution in [0, 0.1) is 0 Å². The van der Waals surface area contributed by atoms with Crippen molar-refractivity contribution < 1.29 is 4.74 Å². The lowest BCUT2D eigenvalue weighted by atomic mass is 9.87. The van der Waals surface area contributed by atoms with Crippen molar-refractivity contribution >= 4 is 33.5 Å². The molecule has 1 aliphatic carbocycles. The van der Waals surface area contributed by atoms with Crippen molar-refractivity contribution in [1.82, 2.24) is 0 Å². The molecule has 0 saturated heterocycles. The Morgan fingerprint density at radius 1 is 0.960 bits per heavy atom. The van der Waals surface area contributed by atoms with Gasteiger partial charge in [-0.25, -0.2) is 0 Å². The number of fused-ring (bicyclic) bond motifs is 1. The van der Waals surface area contributed by atoms with E-state index in [1.54, 1.807) is 7.11 Å². The van der Waals surface area contributed by atoms with Crippen molar-refractivity contribution in [2.75, 3.05) is 7.11 Å². The molecule has 0 unspecified atom stereocenters. The summed E-state index contributed by atoms with van der Waals surface area (Å²) in [6, 6.07) is 20.8. The fourth-order valence-corrected chi connectivity index (χ4v) is 3.75. The maximum Gasteiger partial charge on any atom is 0.127 e. The monoisotopic (exact) mass is 346 g/mol. The Hall–Kier alpha value is -2.51. The second kappa shape index (κ2) is 6.78. The summed E-state index contributed by atoms with van der Waals surface area (Å²) in [7, 11) is 1.73. The molecule has 4 rings (SSSR count). The second-order valence-electron chi connectivity index (χ2n) is 6.21. The normalized spacial score (nSPS) is 14.2. The zero-order chi connectivity index (χ0) is 17.2. The maximum atomic E-state index is 6.47. The highest BCUT2D eigenvalue weighted by Gasteiger charge is 2.16. The Morgan fingerprint density at radius 3 is 2.60 bits per heavy atom. The number of benzene rings is 3. The summed E-state index contributed by atoms with van der Waals surface area (Å²) in [5.74, 6) is 0.911. The van der Waals surface area contributed by atoms with Gasteiger partial charge in [-0.15, -0.1) is 0 Å². The molecule has 0 amide bonds. The van der Waals surface area contributed by atoms with Crippen LogP contribution in [0.1, 0.15) is 24.0 Å². The summed E-state index contributed by atoms with van der Waals surface area (Å²) in [5.41, 5.74) is 4.81. The first-order valence-electron chi connectivity index (χ1n) is 8.49. The Morgan fingerprint density at radius 2 is 1.76 bits per heavy atom. The van der Waals surface area contributed by atoms with E-state index in [-0.39, 0.29) is 0 Å². The van der Waals surface area contributed by atoms with Gasteiger partial charge in [-0.3, -0.25) is 0 Å². The third kappa shape index (κ3) is 2.96. The summed E-state index contributed by atoms with van der Waals surface area (Å²) in [6.45, 7) is 0. The molecule has 1 nitrogen and oxygen atoms in total. The first-order valence-corrected chi connectivity index (χ1v) is 8.87. The number of allylic oxidation sites excluding steroid dienone is 4. The molecule has 3 aromatic rings. The lowest BCUT2D eigenvalue weighted by Crippen LogP contribution is -1.97. The largest absolute Gasteiger partial charge is 0.496 e. The molecule has 3 aromatic carbocycles. The number of methoxy groups -OCH3 is 1. The van der Waals surface area contributed by atoms with Crippen LogP contribution in [0.25, 0.3) is 21.9 Å². The predicted octanol–water partition coefficient (Wildman–Crippen LogP) is 6.76. The van der Waals surface area contributed by atoms with Crippen LogP contribution in [0.2, 0.25) is 5.02 Å². The van der Waals surface area contributed by atoms with Gasteiger partial charge in [0.15, 0.2) is 0 Å². The molecule has 25 heavy (non-hydrogen) atoms. The number of halogens is 1. The maximum absolute atomic E-state index is 6.47. The SMILES string of the molecule is COc1cc(C2=C(c3ccccc3Cl)C=CCC2)cc2ccccc12. The number of rotatable bonds is 3. The molecular weight excluding hydrogens is 328 g/mol. The summed E-state index contributed by atoms with van der Waals surface area (Å²) < 4.78 is 5.66. The average Bonchev–Trinajstić information content (AvgIpc) is 2.67. The van der Waals surface area contributed by atoms with Crippen molar-refractivity contribution in [3.05, 3.63) is 89.0 Å². The lowest BCUT2D eigenvalue weighted by molar-refractivity contribution is 0.419. The van der Waals surface area contributed by atoms with Crippen LogP contribution in [0.4, 0.5) is 0 Å². The Balaban J connectivity index is 1.96. The molecular formula is C23H19ClO. The molecule has 0 aliphatic heterocycles. The van der Waals surface area contributed by atoms with Gasteiger partial charge in [0.25, 0.3) is 0 Å². The van der Waals surface area contributed by atoms with Gasteiger partial charge in [-0.2, -0.15) is 0 Å². The fourth-order valence-electron chi connectivity index (χ4n) is 3.51. The Bertz CT molecular complexity index is 998. The van der Waals surface area contributed by atoms with Crippen LogP contribution in [0.5, 0.6) is 5.75 Å². The zero-order valence-corrected chi connectivity index (χ0v) is 14.9. The molecule has 1 aliphatic rings. The highest BCUT2D eigenvalue weighted by molar-refractivity contribution is 6.33. The zero-order valence-electron chi connectivity index (χ0n) is 14.1. The van der Waals surface area contributed by atoms with E-state index >= 15 is 0 Å². The molecule has 0 heterocycles. The van der Waals surface area contributed by atoms with Gasteiger partial charge in [0.2, 0.25) is 0 Å². The molecule has 0 spiro atoms. The highest BCUT2D eigenvalue weighted by atomic mass is 35.5. The summed E-state index contributed by atoms with van der Waals surface area (Å²) >= 11 is 6.47. The number of hydrogen-bond acceptors (Lipinski definition) is 1. The van der Waals surface area contributed by atoms with E-state index in [9.17, 15) is 0 Å². The van der Waals surface area contributed by atoms with Gasteiger partial charge < -0.3 is 4.74 Å². The summed E-state index contributed by atoms with van der Waals surface area (Å²) in [6.07, 6.45) is 6.46. The Kier molecular flexibility index (Phi) is 4.33. The van der Waals surface area contributed by atoms with Gasteiger partial charge in [0, 0.05) is 16.0 Å². The van der Waals surface area contributed by atoms with Crippen LogP contribution in [0.3, 0.4) is 0 Å². The van der Waals surface area contributed by atoms with Gasteiger partial charge in [0.1, 0.15) is 5.75 Å². The van der Waals surface area contributed by atoms with Crippen LogP contribution in [0.15, 0.2) is 72.8 Å². The van der Waals surface area contributed by atoms with Crippen molar-refractivity contribution in [3.8, 4) is 5.75 Å². The van der Waals surface area contributed by atoms with Crippen molar-refractivity contribution in [1.29, 1.82) is 0 Å². The first-order chi connectivity index (χ1) is 12.3. The predicted molar refractivity (Wildman–Crippen MR) is 107 cm³/mol. The molecule has 0 fully saturated rings. The van der Waals surface area contributed by atoms with Gasteiger partial charge in [0.05, 0.1) is 7.11 Å². The molecule has 0 atom stereocenters. The van der Waals surface area contributed by atoms with E-state index in [4.69, 9.17) is 16.3 Å². The van der Waals surface area contributed by atoms with Gasteiger partial charge >= 0.3 is 0 Å². The number of hydrogen-bond donors (Lipinski definition) is 0. The topological polar surface area (TPSA) is 9.23 Å². The van der Waals surface area contributed by atoms with E-state index in [1.807, 2.05) is 24.3 Å². The fraction of sp³-hybridized carbons (Fsp3) is 0.130. The minimum atomic E-state index is 0.786. The average molecular weight is 347 g/mol. The minimum absolute atomic E-state index is 0.786. The van der Waals surface area contributed by atoms with Crippen molar-refractivity contribution in [2.45, 2.75) is 12.8 Å². The van der Waals surface area contributed by atoms with E-state index in [1.165, 1.54) is 22.1 Å². The summed E-state index contributed by atoms with van der Waals surface area (Å²) in [5, 5.41) is 3.12. The third-order valence-electron chi connectivity index (χ3n) is 4.73. The van der Waals surface area contributed by atoms with E-state index < -0.39 is 0 Å².